The Morgan fingerprint density at radius 2 is 1.89 bits per heavy atom. The predicted molar refractivity (Wildman–Crippen MR) is 70.9 cm³/mol. The molecule has 0 amide bonds. The van der Waals surface area contributed by atoms with Crippen LogP contribution in [0.25, 0.3) is 0 Å². The van der Waals surface area contributed by atoms with Crippen molar-refractivity contribution in [3.05, 3.63) is 35.4 Å². The summed E-state index contributed by atoms with van der Waals surface area (Å²) in [6, 6.07) is 10.5. The van der Waals surface area contributed by atoms with Gasteiger partial charge in [-0.1, -0.05) is 30.7 Å². The molecule has 0 aromatic heterocycles. The average Bonchev–Trinajstić information content (AvgIpc) is 2.43. The molecule has 0 bridgehead atoms. The maximum atomic E-state index is 9.39. The van der Waals surface area contributed by atoms with Gasteiger partial charge in [0.2, 0.25) is 0 Å². The second-order valence-electron chi connectivity index (χ2n) is 4.80. The van der Waals surface area contributed by atoms with Crippen LogP contribution in [-0.4, -0.2) is 25.1 Å². The average molecular weight is 244 g/mol. The van der Waals surface area contributed by atoms with Crippen LogP contribution in [0.5, 0.6) is 0 Å². The van der Waals surface area contributed by atoms with Gasteiger partial charge in [-0.3, -0.25) is 4.90 Å². The molecule has 1 aromatic rings. The van der Waals surface area contributed by atoms with Gasteiger partial charge in [0.15, 0.2) is 0 Å². The normalized spacial score (nSPS) is 18.2. The van der Waals surface area contributed by atoms with E-state index in [1.54, 1.807) is 7.11 Å². The van der Waals surface area contributed by atoms with E-state index in [-0.39, 0.29) is 6.04 Å². The van der Waals surface area contributed by atoms with Gasteiger partial charge in [0.25, 0.3) is 0 Å². The Morgan fingerprint density at radius 3 is 2.44 bits per heavy atom. The highest BCUT2D eigenvalue weighted by atomic mass is 16.5. The first kappa shape index (κ1) is 13.1. The topological polar surface area (TPSA) is 36.3 Å². The van der Waals surface area contributed by atoms with E-state index in [2.05, 4.69) is 23.1 Å². The first-order valence-electron chi connectivity index (χ1n) is 6.56. The predicted octanol–water partition coefficient (Wildman–Crippen LogP) is 2.88. The first-order chi connectivity index (χ1) is 8.85. The minimum Gasteiger partial charge on any atom is -0.380 e. The lowest BCUT2D eigenvalue weighted by Gasteiger charge is -2.30. The molecule has 1 aliphatic rings. The fourth-order valence-electron chi connectivity index (χ4n) is 2.51. The summed E-state index contributed by atoms with van der Waals surface area (Å²) in [6.45, 7) is 2.71. The van der Waals surface area contributed by atoms with E-state index in [4.69, 9.17) is 4.74 Å². The Labute approximate surface area is 109 Å². The van der Waals surface area contributed by atoms with Crippen LogP contribution in [-0.2, 0) is 11.3 Å². The molecule has 96 valence electrons. The number of nitrogens with zero attached hydrogens (tertiary/aromatic N) is 2. The van der Waals surface area contributed by atoms with Crippen molar-refractivity contribution in [3.63, 3.8) is 0 Å². The van der Waals surface area contributed by atoms with Crippen molar-refractivity contribution in [3.8, 4) is 6.07 Å². The lowest BCUT2D eigenvalue weighted by molar-refractivity contribution is 0.184. The van der Waals surface area contributed by atoms with Gasteiger partial charge in [0.1, 0.15) is 6.04 Å². The molecule has 3 heteroatoms. The molecule has 1 unspecified atom stereocenters. The highest BCUT2D eigenvalue weighted by Gasteiger charge is 2.21. The number of piperidine rings is 1. The third-order valence-corrected chi connectivity index (χ3v) is 3.48. The molecule has 2 rings (SSSR count). The van der Waals surface area contributed by atoms with Gasteiger partial charge in [-0.05, 0) is 37.1 Å². The molecule has 0 N–H and O–H groups in total. The molecule has 1 aliphatic heterocycles. The van der Waals surface area contributed by atoms with E-state index < -0.39 is 0 Å². The number of nitriles is 1. The van der Waals surface area contributed by atoms with Gasteiger partial charge < -0.3 is 4.74 Å². The maximum Gasteiger partial charge on any atom is 0.123 e. The third-order valence-electron chi connectivity index (χ3n) is 3.48. The van der Waals surface area contributed by atoms with Crippen LogP contribution < -0.4 is 0 Å². The number of ether oxygens (including phenoxy) is 1. The van der Waals surface area contributed by atoms with Crippen molar-refractivity contribution in [2.45, 2.75) is 31.9 Å². The second-order valence-corrected chi connectivity index (χ2v) is 4.80. The Balaban J connectivity index is 2.09. The smallest absolute Gasteiger partial charge is 0.123 e. The van der Waals surface area contributed by atoms with Crippen molar-refractivity contribution in [2.75, 3.05) is 20.2 Å². The Bertz CT molecular complexity index is 401. The zero-order chi connectivity index (χ0) is 12.8. The van der Waals surface area contributed by atoms with Gasteiger partial charge in [0.05, 0.1) is 12.7 Å². The van der Waals surface area contributed by atoms with Crippen LogP contribution in [0, 0.1) is 11.3 Å². The van der Waals surface area contributed by atoms with Crippen molar-refractivity contribution < 1.29 is 4.74 Å². The quantitative estimate of drug-likeness (QED) is 0.817. The monoisotopic (exact) mass is 244 g/mol. The Hall–Kier alpha value is -1.37. The molecule has 1 aromatic carbocycles. The van der Waals surface area contributed by atoms with Gasteiger partial charge in [-0.15, -0.1) is 0 Å². The molecule has 1 saturated heterocycles. The Morgan fingerprint density at radius 1 is 1.22 bits per heavy atom. The highest BCUT2D eigenvalue weighted by molar-refractivity contribution is 5.28. The van der Waals surface area contributed by atoms with Gasteiger partial charge >= 0.3 is 0 Å². The number of rotatable bonds is 4. The standard InChI is InChI=1S/C15H20N2O/c1-18-12-13-5-7-14(8-6-13)15(11-16)17-9-3-2-4-10-17/h5-8,15H,2-4,9-10,12H2,1H3. The molecule has 1 atom stereocenters. The van der Waals surface area contributed by atoms with Crippen LogP contribution in [0.3, 0.4) is 0 Å². The summed E-state index contributed by atoms with van der Waals surface area (Å²) in [4.78, 5) is 2.29. The first-order valence-corrected chi connectivity index (χ1v) is 6.56. The van der Waals surface area contributed by atoms with E-state index in [9.17, 15) is 5.26 Å². The molecular weight excluding hydrogens is 224 g/mol. The maximum absolute atomic E-state index is 9.39. The summed E-state index contributed by atoms with van der Waals surface area (Å²) in [6.07, 6.45) is 3.71. The van der Waals surface area contributed by atoms with E-state index in [0.29, 0.717) is 6.61 Å². The largest absolute Gasteiger partial charge is 0.380 e. The van der Waals surface area contributed by atoms with Crippen LogP contribution in [0.15, 0.2) is 24.3 Å². The summed E-state index contributed by atoms with van der Waals surface area (Å²) in [5.74, 6) is 0. The third kappa shape index (κ3) is 3.10. The number of hydrogen-bond donors (Lipinski definition) is 0. The van der Waals surface area contributed by atoms with E-state index in [1.165, 1.54) is 19.3 Å². The highest BCUT2D eigenvalue weighted by Crippen LogP contribution is 2.24. The zero-order valence-corrected chi connectivity index (χ0v) is 10.9. The van der Waals surface area contributed by atoms with Crippen molar-refractivity contribution in [2.24, 2.45) is 0 Å². The SMILES string of the molecule is COCc1ccc(C(C#N)N2CCCCC2)cc1. The summed E-state index contributed by atoms with van der Waals surface area (Å²) in [5.41, 5.74) is 2.25. The van der Waals surface area contributed by atoms with Crippen LogP contribution in [0.4, 0.5) is 0 Å². The van der Waals surface area contributed by atoms with Crippen LogP contribution >= 0.6 is 0 Å². The number of methoxy groups -OCH3 is 1. The minimum atomic E-state index is -0.0955. The molecule has 1 fully saturated rings. The summed E-state index contributed by atoms with van der Waals surface area (Å²) in [5, 5.41) is 9.39. The number of benzene rings is 1. The Kier molecular flexibility index (Phi) is 4.74. The molecule has 0 aliphatic carbocycles. The minimum absolute atomic E-state index is 0.0955. The lowest BCUT2D eigenvalue weighted by atomic mass is 10.0. The molecule has 18 heavy (non-hydrogen) atoms. The molecule has 1 heterocycles. The lowest BCUT2D eigenvalue weighted by Crippen LogP contribution is -2.33. The van der Waals surface area contributed by atoms with Crippen LogP contribution in [0.2, 0.25) is 0 Å². The molecule has 0 spiro atoms. The molecule has 0 saturated carbocycles. The zero-order valence-electron chi connectivity index (χ0n) is 10.9. The number of hydrogen-bond acceptors (Lipinski definition) is 3. The van der Waals surface area contributed by atoms with Gasteiger partial charge in [0, 0.05) is 7.11 Å². The fourth-order valence-corrected chi connectivity index (χ4v) is 2.51. The fraction of sp³-hybridized carbons (Fsp3) is 0.533. The number of likely N-dealkylation sites (tertiary alicyclic amines) is 1. The van der Waals surface area contributed by atoms with Gasteiger partial charge in [-0.2, -0.15) is 5.26 Å². The van der Waals surface area contributed by atoms with E-state index in [1.807, 2.05) is 12.1 Å². The van der Waals surface area contributed by atoms with Crippen molar-refractivity contribution in [1.29, 1.82) is 5.26 Å². The molecule has 3 nitrogen and oxygen atoms in total. The molecular formula is C15H20N2O. The second kappa shape index (κ2) is 6.53. The summed E-state index contributed by atoms with van der Waals surface area (Å²) >= 11 is 0. The van der Waals surface area contributed by atoms with Gasteiger partial charge in [-0.25, -0.2) is 0 Å². The summed E-state index contributed by atoms with van der Waals surface area (Å²) in [7, 11) is 1.69. The van der Waals surface area contributed by atoms with Crippen molar-refractivity contribution in [1.82, 2.24) is 4.90 Å². The molecule has 0 radical (unpaired) electrons. The van der Waals surface area contributed by atoms with E-state index >= 15 is 0 Å². The summed E-state index contributed by atoms with van der Waals surface area (Å²) < 4.78 is 5.10. The van der Waals surface area contributed by atoms with E-state index in [0.717, 1.165) is 24.2 Å². The van der Waals surface area contributed by atoms with Crippen LogP contribution in [0.1, 0.15) is 36.4 Å². The van der Waals surface area contributed by atoms with Crippen molar-refractivity contribution >= 4 is 0 Å².